The van der Waals surface area contributed by atoms with E-state index in [0.29, 0.717) is 12.5 Å². The number of nitrogens with zero attached hydrogens (tertiary/aromatic N) is 3. The fourth-order valence-corrected chi connectivity index (χ4v) is 2.89. The molecule has 0 saturated carbocycles. The highest BCUT2D eigenvalue weighted by Crippen LogP contribution is 2.23. The van der Waals surface area contributed by atoms with Crippen LogP contribution in [-0.4, -0.2) is 28.0 Å². The Bertz CT molecular complexity index is 1140. The summed E-state index contributed by atoms with van der Waals surface area (Å²) in [5, 5.41) is 7.02. The Labute approximate surface area is 167 Å². The highest BCUT2D eigenvalue weighted by molar-refractivity contribution is 5.93. The van der Waals surface area contributed by atoms with Crippen LogP contribution in [0.4, 0.5) is 11.6 Å². The Kier molecular flexibility index (Phi) is 5.29. The summed E-state index contributed by atoms with van der Waals surface area (Å²) in [6.07, 6.45) is 3.29. The molecule has 0 bridgehead atoms. The molecule has 0 saturated heterocycles. The van der Waals surface area contributed by atoms with E-state index in [2.05, 4.69) is 25.6 Å². The lowest BCUT2D eigenvalue weighted by molar-refractivity contribution is 0.0946. The number of hydrogen-bond donors (Lipinski definition) is 2. The lowest BCUT2D eigenvalue weighted by Crippen LogP contribution is -2.24. The van der Waals surface area contributed by atoms with E-state index < -0.39 is 0 Å². The molecule has 0 spiro atoms. The number of hydrogen-bond acceptors (Lipinski definition) is 6. The number of carbonyl (C=O) groups is 1. The average Bonchev–Trinajstić information content (AvgIpc) is 2.78. The molecular formula is C22H19N5O2. The lowest BCUT2D eigenvalue weighted by Gasteiger charge is -2.09. The van der Waals surface area contributed by atoms with Crippen LogP contribution in [0.25, 0.3) is 10.9 Å². The van der Waals surface area contributed by atoms with E-state index in [-0.39, 0.29) is 11.6 Å². The lowest BCUT2D eigenvalue weighted by atomic mass is 10.2. The van der Waals surface area contributed by atoms with Crippen molar-refractivity contribution in [2.45, 2.75) is 6.54 Å². The summed E-state index contributed by atoms with van der Waals surface area (Å²) in [4.78, 5) is 25.4. The Balaban J connectivity index is 1.47. The van der Waals surface area contributed by atoms with Crippen LogP contribution in [0.3, 0.4) is 0 Å². The summed E-state index contributed by atoms with van der Waals surface area (Å²) >= 11 is 0. The molecule has 2 aromatic carbocycles. The van der Waals surface area contributed by atoms with Gasteiger partial charge in [-0.05, 0) is 35.9 Å². The van der Waals surface area contributed by atoms with Crippen molar-refractivity contribution in [3.63, 3.8) is 0 Å². The van der Waals surface area contributed by atoms with Gasteiger partial charge in [-0.25, -0.2) is 9.97 Å². The predicted octanol–water partition coefficient (Wildman–Crippen LogP) is 3.71. The third-order valence-corrected chi connectivity index (χ3v) is 4.38. The third-order valence-electron chi connectivity index (χ3n) is 4.38. The zero-order valence-corrected chi connectivity index (χ0v) is 15.8. The number of aromatic nitrogens is 3. The first kappa shape index (κ1) is 18.4. The fourth-order valence-electron chi connectivity index (χ4n) is 2.89. The number of para-hydroxylation sites is 1. The smallest absolute Gasteiger partial charge is 0.270 e. The molecule has 0 unspecified atom stereocenters. The number of methoxy groups -OCH3 is 1. The second-order valence-corrected chi connectivity index (χ2v) is 6.30. The molecule has 0 fully saturated rings. The number of pyridine rings is 1. The first-order valence-electron chi connectivity index (χ1n) is 9.08. The molecule has 7 heteroatoms. The van der Waals surface area contributed by atoms with Gasteiger partial charge in [0.2, 0.25) is 5.95 Å². The highest BCUT2D eigenvalue weighted by atomic mass is 16.5. The van der Waals surface area contributed by atoms with Crippen molar-refractivity contribution in [3.05, 3.63) is 84.3 Å². The first-order chi connectivity index (χ1) is 14.2. The van der Waals surface area contributed by atoms with Gasteiger partial charge in [0, 0.05) is 24.3 Å². The van der Waals surface area contributed by atoms with Gasteiger partial charge in [0.15, 0.2) is 0 Å². The molecule has 0 aliphatic heterocycles. The van der Waals surface area contributed by atoms with Crippen molar-refractivity contribution in [1.29, 1.82) is 0 Å². The summed E-state index contributed by atoms with van der Waals surface area (Å²) in [5.41, 5.74) is 2.84. The predicted molar refractivity (Wildman–Crippen MR) is 111 cm³/mol. The number of carbonyl (C=O) groups excluding carboxylic acids is 1. The van der Waals surface area contributed by atoms with E-state index in [4.69, 9.17) is 4.74 Å². The SMILES string of the molecule is COc1ccc(CNC(=O)c2ccnc(Nc3cccc4cccnc34)n2)cc1. The van der Waals surface area contributed by atoms with Crippen LogP contribution in [0.5, 0.6) is 5.75 Å². The Morgan fingerprint density at radius 1 is 0.966 bits per heavy atom. The first-order valence-corrected chi connectivity index (χ1v) is 9.08. The van der Waals surface area contributed by atoms with E-state index in [1.807, 2.05) is 54.6 Å². The molecule has 0 aliphatic carbocycles. The van der Waals surface area contributed by atoms with Crippen molar-refractivity contribution in [2.24, 2.45) is 0 Å². The molecule has 144 valence electrons. The molecule has 0 atom stereocenters. The van der Waals surface area contributed by atoms with E-state index in [9.17, 15) is 4.79 Å². The van der Waals surface area contributed by atoms with Gasteiger partial charge in [-0.3, -0.25) is 9.78 Å². The van der Waals surface area contributed by atoms with Gasteiger partial charge >= 0.3 is 0 Å². The minimum Gasteiger partial charge on any atom is -0.497 e. The van der Waals surface area contributed by atoms with Gasteiger partial charge in [0.25, 0.3) is 5.91 Å². The molecule has 4 aromatic rings. The summed E-state index contributed by atoms with van der Waals surface area (Å²) in [6.45, 7) is 0.392. The molecule has 7 nitrogen and oxygen atoms in total. The van der Waals surface area contributed by atoms with Crippen LogP contribution >= 0.6 is 0 Å². The van der Waals surface area contributed by atoms with E-state index in [1.165, 1.54) is 0 Å². The van der Waals surface area contributed by atoms with E-state index >= 15 is 0 Å². The van der Waals surface area contributed by atoms with E-state index in [0.717, 1.165) is 27.9 Å². The normalized spacial score (nSPS) is 10.5. The molecule has 1 amide bonds. The van der Waals surface area contributed by atoms with Crippen LogP contribution in [0.1, 0.15) is 16.1 Å². The standard InChI is InChI=1S/C22H19N5O2/c1-29-17-9-7-15(8-10-17)14-25-21(28)19-11-13-24-22(27-19)26-18-6-2-4-16-5-3-12-23-20(16)18/h2-13H,14H2,1H3,(H,25,28)(H,24,26,27). The summed E-state index contributed by atoms with van der Waals surface area (Å²) < 4.78 is 5.14. The fraction of sp³-hybridized carbons (Fsp3) is 0.0909. The topological polar surface area (TPSA) is 89.0 Å². The molecule has 29 heavy (non-hydrogen) atoms. The van der Waals surface area contributed by atoms with Crippen LogP contribution in [0, 0.1) is 0 Å². The third kappa shape index (κ3) is 4.30. The van der Waals surface area contributed by atoms with Crippen LogP contribution in [-0.2, 0) is 6.54 Å². The minimum absolute atomic E-state index is 0.276. The van der Waals surface area contributed by atoms with Crippen molar-refractivity contribution in [1.82, 2.24) is 20.3 Å². The number of benzene rings is 2. The molecule has 2 aromatic heterocycles. The van der Waals surface area contributed by atoms with Gasteiger partial charge in [0.05, 0.1) is 18.3 Å². The van der Waals surface area contributed by atoms with E-state index in [1.54, 1.807) is 25.6 Å². The number of nitrogens with one attached hydrogen (secondary N) is 2. The second-order valence-electron chi connectivity index (χ2n) is 6.30. The van der Waals surface area contributed by atoms with Crippen molar-refractivity contribution >= 4 is 28.4 Å². The molecule has 2 heterocycles. The Morgan fingerprint density at radius 3 is 2.62 bits per heavy atom. The summed E-state index contributed by atoms with van der Waals surface area (Å²) in [6, 6.07) is 18.8. The maximum atomic E-state index is 12.5. The molecule has 4 rings (SSSR count). The second kappa shape index (κ2) is 8.35. The number of fused-ring (bicyclic) bond motifs is 1. The zero-order valence-electron chi connectivity index (χ0n) is 15.8. The minimum atomic E-state index is -0.276. The van der Waals surface area contributed by atoms with Gasteiger partial charge in [-0.1, -0.05) is 30.3 Å². The number of anilines is 2. The summed E-state index contributed by atoms with van der Waals surface area (Å²) in [7, 11) is 1.62. The number of amides is 1. The number of rotatable bonds is 6. The maximum absolute atomic E-state index is 12.5. The zero-order chi connectivity index (χ0) is 20.1. The van der Waals surface area contributed by atoms with Crippen molar-refractivity contribution < 1.29 is 9.53 Å². The molecule has 0 aliphatic rings. The Morgan fingerprint density at radius 2 is 1.79 bits per heavy atom. The largest absolute Gasteiger partial charge is 0.497 e. The Hall–Kier alpha value is -4.00. The van der Waals surface area contributed by atoms with Gasteiger partial charge in [-0.15, -0.1) is 0 Å². The van der Waals surface area contributed by atoms with Crippen LogP contribution < -0.4 is 15.4 Å². The molecule has 2 N–H and O–H groups in total. The molecule has 0 radical (unpaired) electrons. The molecular weight excluding hydrogens is 366 g/mol. The number of ether oxygens (including phenoxy) is 1. The van der Waals surface area contributed by atoms with Gasteiger partial charge in [-0.2, -0.15) is 0 Å². The van der Waals surface area contributed by atoms with Gasteiger partial charge < -0.3 is 15.4 Å². The van der Waals surface area contributed by atoms with Crippen LogP contribution in [0.15, 0.2) is 73.1 Å². The van der Waals surface area contributed by atoms with Crippen LogP contribution in [0.2, 0.25) is 0 Å². The average molecular weight is 385 g/mol. The monoisotopic (exact) mass is 385 g/mol. The summed E-state index contributed by atoms with van der Waals surface area (Å²) in [5.74, 6) is 0.831. The maximum Gasteiger partial charge on any atom is 0.270 e. The quantitative estimate of drug-likeness (QED) is 0.526. The van der Waals surface area contributed by atoms with Gasteiger partial charge in [0.1, 0.15) is 11.4 Å². The van der Waals surface area contributed by atoms with Crippen molar-refractivity contribution in [2.75, 3.05) is 12.4 Å². The highest BCUT2D eigenvalue weighted by Gasteiger charge is 2.10. The van der Waals surface area contributed by atoms with Crippen molar-refractivity contribution in [3.8, 4) is 5.75 Å².